The highest BCUT2D eigenvalue weighted by Crippen LogP contribution is 2.38. The van der Waals surface area contributed by atoms with Crippen LogP contribution in [0, 0.1) is 17.0 Å². The molecule has 0 aliphatic carbocycles. The Morgan fingerprint density at radius 3 is 1.14 bits per heavy atom. The monoisotopic (exact) mass is 1510 g/mol. The van der Waals surface area contributed by atoms with Gasteiger partial charge in [0.1, 0.15) is 23.8 Å². The summed E-state index contributed by atoms with van der Waals surface area (Å²) in [5.41, 5.74) is 19.2. The average Bonchev–Trinajstić information content (AvgIpc) is 0.808. The normalized spacial score (nSPS) is 14.2. The van der Waals surface area contributed by atoms with Gasteiger partial charge in [-0.2, -0.15) is 4.74 Å². The molecule has 13 rings (SSSR count). The zero-order chi connectivity index (χ0) is 79.3. The molecule has 0 aromatic heterocycles. The van der Waals surface area contributed by atoms with E-state index < -0.39 is 23.6 Å². The number of aryl methyl sites for hydroxylation is 1. The number of nitrogens with one attached hydrogen (secondary N) is 4. The Morgan fingerprint density at radius 1 is 0.396 bits per heavy atom. The van der Waals surface area contributed by atoms with Gasteiger partial charge in [-0.05, 0) is 103 Å². The molecule has 0 spiro atoms. The van der Waals surface area contributed by atoms with Crippen molar-refractivity contribution in [2.75, 3.05) is 146 Å². The van der Waals surface area contributed by atoms with Crippen molar-refractivity contribution in [1.82, 2.24) is 26.8 Å². The topological polar surface area (TPSA) is 333 Å². The molecule has 0 bridgehead atoms. The number of nitrogens with zero attached hydrogens (tertiary/aromatic N) is 12. The summed E-state index contributed by atoms with van der Waals surface area (Å²) in [5, 5.41) is 68.1. The number of carbonyl (C=O) groups excluding carboxylic acids is 5. The lowest BCUT2D eigenvalue weighted by Gasteiger charge is -2.41. The fourth-order valence-electron chi connectivity index (χ4n) is 14.2. The van der Waals surface area contributed by atoms with E-state index in [9.17, 15) is 49.7 Å². The SMILES string of the molecule is C=[N+](O)c1cccc(C(=O)NO)c1N1CCN(c2ccc(C(C)=O)cc2)CC1.C=[N+](O)c1cccc(C(=O)NO)c1N1CCN(c2ccccc2)CC1.C=[N+]([O-])c1cccc(C(=O)NO)c1N1CCN(C(c2ccccc2)c2ccccc2)CC1.Cc1cccc(N2CCN(c3ccc([N+](C)=O)cc3C(=O)NO)CC2)c1. The van der Waals surface area contributed by atoms with Crippen LogP contribution in [0.4, 0.5) is 62.6 Å². The highest BCUT2D eigenvalue weighted by atomic mass is 16.5. The maximum absolute atomic E-state index is 12.3. The Morgan fingerprint density at radius 2 is 0.748 bits per heavy atom. The number of amides is 4. The number of Topliss-reactive ketones (excluding diaryl/α,β-unsaturated/α-hetero) is 1. The quantitative estimate of drug-likeness (QED) is 0.00684. The van der Waals surface area contributed by atoms with Gasteiger partial charge in [0.2, 0.25) is 5.69 Å². The molecule has 9 aromatic rings. The van der Waals surface area contributed by atoms with Gasteiger partial charge < -0.3 is 39.5 Å². The smallest absolute Gasteiger partial charge is 0.280 e. The first-order chi connectivity index (χ1) is 53.6. The molecule has 0 atom stereocenters. The third-order valence-corrected chi connectivity index (χ3v) is 19.8. The molecule has 0 unspecified atom stereocenters. The van der Waals surface area contributed by atoms with E-state index in [-0.39, 0.29) is 34.1 Å². The van der Waals surface area contributed by atoms with Crippen molar-refractivity contribution in [3.63, 3.8) is 0 Å². The molecule has 576 valence electrons. The first kappa shape index (κ1) is 80.5. The minimum absolute atomic E-state index is 0.0319. The van der Waals surface area contributed by atoms with Crippen molar-refractivity contribution < 1.29 is 74.2 Å². The number of hydrogen-bond donors (Lipinski definition) is 10. The summed E-state index contributed by atoms with van der Waals surface area (Å²) in [4.78, 5) is 88.7. The lowest BCUT2D eigenvalue weighted by atomic mass is 9.96. The second kappa shape index (κ2) is 38.1. The zero-order valence-corrected chi connectivity index (χ0v) is 62.1. The van der Waals surface area contributed by atoms with E-state index in [2.05, 4.69) is 137 Å². The van der Waals surface area contributed by atoms with Crippen LogP contribution in [-0.4, -0.2) is 216 Å². The second-order valence-electron chi connectivity index (χ2n) is 26.6. The molecule has 111 heavy (non-hydrogen) atoms. The average molecular weight is 1510 g/mol. The van der Waals surface area contributed by atoms with Crippen LogP contribution in [-0.2, 0) is 0 Å². The molecule has 4 saturated heterocycles. The summed E-state index contributed by atoms with van der Waals surface area (Å²) < 4.78 is 2.66. The molecule has 4 aliphatic rings. The van der Waals surface area contributed by atoms with E-state index in [1.807, 2.05) is 69.3 Å². The summed E-state index contributed by atoms with van der Waals surface area (Å²) in [7, 11) is 1.37. The van der Waals surface area contributed by atoms with Crippen LogP contribution in [0.2, 0.25) is 0 Å². The molecule has 4 amide bonds. The van der Waals surface area contributed by atoms with E-state index in [4.69, 9.17) is 15.6 Å². The summed E-state index contributed by atoms with van der Waals surface area (Å²) >= 11 is 0. The number of nitroso groups, excluding NO2 is 1. The minimum Gasteiger partial charge on any atom is -0.619 e. The van der Waals surface area contributed by atoms with Gasteiger partial charge in [0.05, 0.1) is 34.0 Å². The van der Waals surface area contributed by atoms with Crippen LogP contribution in [0.1, 0.15) is 81.4 Å². The molecule has 10 N–H and O–H groups in total. The summed E-state index contributed by atoms with van der Waals surface area (Å²) in [6, 6.07) is 66.5. The molecule has 4 fully saturated rings. The van der Waals surface area contributed by atoms with Crippen LogP contribution in [0.3, 0.4) is 0 Å². The van der Waals surface area contributed by atoms with Gasteiger partial charge in [-0.15, -0.1) is 0 Å². The number of rotatable bonds is 19. The van der Waals surface area contributed by atoms with E-state index >= 15 is 0 Å². The van der Waals surface area contributed by atoms with Gasteiger partial charge in [0.25, 0.3) is 40.7 Å². The van der Waals surface area contributed by atoms with Gasteiger partial charge in [0.15, 0.2) is 26.3 Å². The number of para-hydroxylation sites is 4. The number of hydrogen-bond acceptors (Lipinski definition) is 21. The van der Waals surface area contributed by atoms with Crippen molar-refractivity contribution in [2.45, 2.75) is 19.9 Å². The van der Waals surface area contributed by atoms with Crippen molar-refractivity contribution in [3.8, 4) is 0 Å². The molecule has 4 aliphatic heterocycles. The van der Waals surface area contributed by atoms with Crippen LogP contribution in [0.5, 0.6) is 0 Å². The van der Waals surface area contributed by atoms with Gasteiger partial charge in [-0.25, -0.2) is 21.9 Å². The maximum Gasteiger partial charge on any atom is 0.280 e. The Kier molecular flexibility index (Phi) is 27.7. The summed E-state index contributed by atoms with van der Waals surface area (Å²) in [6.45, 7) is 25.4. The third kappa shape index (κ3) is 19.8. The Bertz CT molecular complexity index is 4740. The molecule has 0 saturated carbocycles. The first-order valence-electron chi connectivity index (χ1n) is 36.0. The fraction of sp³-hybridized carbons (Fsp3) is 0.244. The Hall–Kier alpha value is -13.1. The molecule has 29 nitrogen and oxygen atoms in total. The number of ketones is 1. The standard InChI is InChI=1S/C25H26N4O3.C20H22N4O4.C19H22N4O3.C18H20N4O3/c1-27(32)22-14-8-13-21(25(30)26-31)24(22)29-17-15-28(16-18-29)23(19-9-4-2-5-10-19)20-11-6-3-7-12-20;1-14(25)15-6-8-16(9-7-15)23-10-12-24(13-11-23)19-17(20(26)21-27)4-3-5-18(19)22(2)28;1-14-4-3-5-16(12-14)22-8-10-23(11-9-22)18-7-6-15(21(2)26)13-17(18)19(24)20-25;1-20(25)16-9-5-8-15(18(23)19-24)17(16)22-12-10-21(11-13-22)14-6-3-2-4-7-14/h2-14,23,31H,1,15-18H2,(H,26,30);3-9H,2,10-13H2,1H3,(H2-,21,26,27,28);3-7,12-13H,8-11H2,1-2H3,(H-,20,24,25);2-9H,1,10-13H2,(H2-,19,23,24,25)/p+3. The summed E-state index contributed by atoms with van der Waals surface area (Å²) in [6.07, 6.45) is 0. The predicted molar refractivity (Wildman–Crippen MR) is 426 cm³/mol. The lowest BCUT2D eigenvalue weighted by molar-refractivity contribution is -0.706. The maximum atomic E-state index is 12.3. The van der Waals surface area contributed by atoms with Gasteiger partial charge in [-0.3, -0.25) is 60.1 Å². The van der Waals surface area contributed by atoms with E-state index in [1.165, 1.54) is 35.5 Å². The molecule has 9 aromatic carbocycles. The molecule has 29 heteroatoms. The van der Waals surface area contributed by atoms with Crippen LogP contribution < -0.4 is 56.2 Å². The van der Waals surface area contributed by atoms with Gasteiger partial charge in [-0.1, -0.05) is 109 Å². The molecule has 0 radical (unpaired) electrons. The molecular weight excluding hydrogens is 1420 g/mol. The number of anilines is 7. The van der Waals surface area contributed by atoms with Gasteiger partial charge in [0, 0.05) is 177 Å². The highest BCUT2D eigenvalue weighted by Gasteiger charge is 2.34. The van der Waals surface area contributed by atoms with Gasteiger partial charge >= 0.3 is 0 Å². The van der Waals surface area contributed by atoms with Crippen LogP contribution >= 0.6 is 0 Å². The zero-order valence-electron chi connectivity index (χ0n) is 62.1. The Balaban J connectivity index is 0.000000158. The molecular formula is C82H93N16O13+3. The van der Waals surface area contributed by atoms with E-state index in [0.717, 1.165) is 73.2 Å². The number of hydroxylamine groups is 4. The second-order valence-corrected chi connectivity index (χ2v) is 26.6. The highest BCUT2D eigenvalue weighted by molar-refractivity contribution is 6.03. The number of carbonyl (C=O) groups is 5. The lowest BCUT2D eigenvalue weighted by Crippen LogP contribution is -2.48. The largest absolute Gasteiger partial charge is 0.619 e. The number of benzene rings is 9. The van der Waals surface area contributed by atoms with Crippen molar-refractivity contribution in [1.29, 1.82) is 0 Å². The van der Waals surface area contributed by atoms with Crippen molar-refractivity contribution in [3.05, 3.63) is 267 Å². The summed E-state index contributed by atoms with van der Waals surface area (Å²) in [5.74, 6) is -2.52. The van der Waals surface area contributed by atoms with E-state index in [1.54, 1.807) is 95.6 Å². The van der Waals surface area contributed by atoms with Crippen LogP contribution in [0.25, 0.3) is 0 Å². The number of piperazine rings is 4. The van der Waals surface area contributed by atoms with E-state index in [0.29, 0.717) is 113 Å². The predicted octanol–water partition coefficient (Wildman–Crippen LogP) is 9.98. The first-order valence-corrected chi connectivity index (χ1v) is 36.0. The van der Waals surface area contributed by atoms with Crippen LogP contribution in [0.15, 0.2) is 212 Å². The van der Waals surface area contributed by atoms with Crippen molar-refractivity contribution in [2.24, 2.45) is 0 Å². The molecule has 4 heterocycles. The third-order valence-electron chi connectivity index (χ3n) is 19.8. The minimum atomic E-state index is -0.655. The Labute approximate surface area is 643 Å². The fourth-order valence-corrected chi connectivity index (χ4v) is 14.2. The van der Waals surface area contributed by atoms with Crippen molar-refractivity contribution >= 4 is 112 Å².